The summed E-state index contributed by atoms with van der Waals surface area (Å²) in [6.07, 6.45) is 4.14. The lowest BCUT2D eigenvalue weighted by Gasteiger charge is -2.27. The molecule has 0 saturated heterocycles. The summed E-state index contributed by atoms with van der Waals surface area (Å²) in [7, 11) is 0. The normalized spacial score (nSPS) is 23.4. The van der Waals surface area contributed by atoms with Crippen molar-refractivity contribution in [3.05, 3.63) is 23.0 Å². The molecule has 2 rings (SSSR count). The van der Waals surface area contributed by atoms with Crippen molar-refractivity contribution in [2.45, 2.75) is 65.1 Å². The molecule has 0 spiro atoms. The molecule has 1 saturated carbocycles. The predicted octanol–water partition coefficient (Wildman–Crippen LogP) is 2.12. The quantitative estimate of drug-likeness (QED) is 0.877. The van der Waals surface area contributed by atoms with Gasteiger partial charge in [-0.15, -0.1) is 0 Å². The first-order valence-corrected chi connectivity index (χ1v) is 7.26. The SMILES string of the molecule is CCn1c(C)cc(C(=O)NC2CCCC(N)C2)c1C. The number of aryl methyl sites for hydroxylation is 1. The van der Waals surface area contributed by atoms with Crippen LogP contribution in [0.2, 0.25) is 0 Å². The van der Waals surface area contributed by atoms with E-state index in [0.29, 0.717) is 0 Å². The summed E-state index contributed by atoms with van der Waals surface area (Å²) in [5.41, 5.74) is 8.97. The average molecular weight is 263 g/mol. The zero-order chi connectivity index (χ0) is 14.0. The molecule has 0 aromatic carbocycles. The molecule has 0 aliphatic heterocycles. The number of rotatable bonds is 3. The molecule has 19 heavy (non-hydrogen) atoms. The van der Waals surface area contributed by atoms with Crippen LogP contribution in [-0.4, -0.2) is 22.6 Å². The van der Waals surface area contributed by atoms with Crippen molar-refractivity contribution in [1.82, 2.24) is 9.88 Å². The van der Waals surface area contributed by atoms with Crippen molar-refractivity contribution in [3.8, 4) is 0 Å². The van der Waals surface area contributed by atoms with Gasteiger partial charge in [0, 0.05) is 30.0 Å². The van der Waals surface area contributed by atoms with Gasteiger partial charge in [-0.25, -0.2) is 0 Å². The van der Waals surface area contributed by atoms with E-state index in [4.69, 9.17) is 5.73 Å². The van der Waals surface area contributed by atoms with Crippen molar-refractivity contribution in [1.29, 1.82) is 0 Å². The highest BCUT2D eigenvalue weighted by molar-refractivity contribution is 5.95. The fourth-order valence-electron chi connectivity index (χ4n) is 3.14. The van der Waals surface area contributed by atoms with Crippen LogP contribution >= 0.6 is 0 Å². The minimum atomic E-state index is 0.0481. The van der Waals surface area contributed by atoms with Gasteiger partial charge in [0.15, 0.2) is 0 Å². The highest BCUT2D eigenvalue weighted by Crippen LogP contribution is 2.19. The summed E-state index contributed by atoms with van der Waals surface area (Å²) < 4.78 is 2.17. The number of carbonyl (C=O) groups is 1. The van der Waals surface area contributed by atoms with Gasteiger partial charge in [-0.05, 0) is 52.5 Å². The van der Waals surface area contributed by atoms with E-state index in [0.717, 1.165) is 49.2 Å². The maximum atomic E-state index is 12.4. The third kappa shape index (κ3) is 3.00. The van der Waals surface area contributed by atoms with E-state index >= 15 is 0 Å². The molecule has 1 aliphatic carbocycles. The average Bonchev–Trinajstić information content (AvgIpc) is 2.64. The molecule has 2 atom stereocenters. The standard InChI is InChI=1S/C15H25N3O/c1-4-18-10(2)8-14(11(18)3)15(19)17-13-7-5-6-12(16)9-13/h8,12-13H,4-7,9,16H2,1-3H3,(H,17,19). The molecule has 1 amide bonds. The molecular formula is C15H25N3O. The van der Waals surface area contributed by atoms with E-state index in [2.05, 4.69) is 16.8 Å². The Hall–Kier alpha value is -1.29. The zero-order valence-electron chi connectivity index (χ0n) is 12.2. The lowest BCUT2D eigenvalue weighted by atomic mass is 9.91. The molecule has 1 heterocycles. The molecule has 1 aromatic heterocycles. The maximum absolute atomic E-state index is 12.4. The Morgan fingerprint density at radius 3 is 2.79 bits per heavy atom. The van der Waals surface area contributed by atoms with Gasteiger partial charge >= 0.3 is 0 Å². The van der Waals surface area contributed by atoms with Crippen LogP contribution in [-0.2, 0) is 6.54 Å². The van der Waals surface area contributed by atoms with Crippen LogP contribution in [0.1, 0.15) is 54.4 Å². The summed E-state index contributed by atoms with van der Waals surface area (Å²) in [6, 6.07) is 2.46. The van der Waals surface area contributed by atoms with Gasteiger partial charge in [0.05, 0.1) is 5.56 Å². The topological polar surface area (TPSA) is 60.0 Å². The molecular weight excluding hydrogens is 238 g/mol. The summed E-state index contributed by atoms with van der Waals surface area (Å²) in [5, 5.41) is 3.14. The third-order valence-corrected chi connectivity index (χ3v) is 4.18. The minimum absolute atomic E-state index is 0.0481. The van der Waals surface area contributed by atoms with Crippen LogP contribution in [0, 0.1) is 13.8 Å². The largest absolute Gasteiger partial charge is 0.349 e. The van der Waals surface area contributed by atoms with E-state index in [9.17, 15) is 4.79 Å². The zero-order valence-corrected chi connectivity index (χ0v) is 12.2. The molecule has 0 radical (unpaired) electrons. The highest BCUT2D eigenvalue weighted by atomic mass is 16.1. The Balaban J connectivity index is 2.07. The van der Waals surface area contributed by atoms with Gasteiger partial charge in [0.2, 0.25) is 0 Å². The summed E-state index contributed by atoms with van der Waals surface area (Å²) in [4.78, 5) is 12.4. The number of nitrogens with one attached hydrogen (secondary N) is 1. The first-order chi connectivity index (χ1) is 9.02. The number of hydrogen-bond acceptors (Lipinski definition) is 2. The Labute approximate surface area is 115 Å². The molecule has 2 unspecified atom stereocenters. The number of nitrogens with zero attached hydrogens (tertiary/aromatic N) is 1. The second-order valence-corrected chi connectivity index (χ2v) is 5.63. The van der Waals surface area contributed by atoms with Gasteiger partial charge in [-0.1, -0.05) is 0 Å². The smallest absolute Gasteiger partial charge is 0.253 e. The van der Waals surface area contributed by atoms with Crippen LogP contribution < -0.4 is 11.1 Å². The number of carbonyl (C=O) groups excluding carboxylic acids is 1. The van der Waals surface area contributed by atoms with Crippen molar-refractivity contribution >= 4 is 5.91 Å². The second-order valence-electron chi connectivity index (χ2n) is 5.63. The van der Waals surface area contributed by atoms with Gasteiger partial charge in [-0.3, -0.25) is 4.79 Å². The Morgan fingerprint density at radius 1 is 1.47 bits per heavy atom. The predicted molar refractivity (Wildman–Crippen MR) is 77.3 cm³/mol. The Bertz CT molecular complexity index is 464. The third-order valence-electron chi connectivity index (χ3n) is 4.18. The molecule has 4 heteroatoms. The van der Waals surface area contributed by atoms with Gasteiger partial charge in [-0.2, -0.15) is 0 Å². The fourth-order valence-corrected chi connectivity index (χ4v) is 3.14. The molecule has 3 N–H and O–H groups in total. The summed E-state index contributed by atoms with van der Waals surface area (Å²) >= 11 is 0. The lowest BCUT2D eigenvalue weighted by molar-refractivity contribution is 0.0925. The Morgan fingerprint density at radius 2 is 2.21 bits per heavy atom. The molecule has 1 fully saturated rings. The van der Waals surface area contributed by atoms with Gasteiger partial charge < -0.3 is 15.6 Å². The molecule has 4 nitrogen and oxygen atoms in total. The Kier molecular flexibility index (Phi) is 4.30. The van der Waals surface area contributed by atoms with Crippen LogP contribution in [0.5, 0.6) is 0 Å². The monoisotopic (exact) mass is 263 g/mol. The lowest BCUT2D eigenvalue weighted by Crippen LogP contribution is -2.42. The molecule has 1 aliphatic rings. The van der Waals surface area contributed by atoms with Gasteiger partial charge in [0.25, 0.3) is 5.91 Å². The summed E-state index contributed by atoms with van der Waals surface area (Å²) in [5.74, 6) is 0.0481. The fraction of sp³-hybridized carbons (Fsp3) is 0.667. The minimum Gasteiger partial charge on any atom is -0.349 e. The van der Waals surface area contributed by atoms with E-state index in [1.165, 1.54) is 0 Å². The highest BCUT2D eigenvalue weighted by Gasteiger charge is 2.23. The molecule has 0 bridgehead atoms. The second kappa shape index (κ2) is 5.78. The van der Waals surface area contributed by atoms with Crippen LogP contribution in [0.3, 0.4) is 0 Å². The van der Waals surface area contributed by atoms with E-state index < -0.39 is 0 Å². The molecule has 1 aromatic rings. The van der Waals surface area contributed by atoms with E-state index in [1.54, 1.807) is 0 Å². The van der Waals surface area contributed by atoms with Gasteiger partial charge in [0.1, 0.15) is 0 Å². The maximum Gasteiger partial charge on any atom is 0.253 e. The van der Waals surface area contributed by atoms with E-state index in [1.807, 2.05) is 19.9 Å². The van der Waals surface area contributed by atoms with Crippen LogP contribution in [0.25, 0.3) is 0 Å². The first kappa shape index (κ1) is 14.1. The number of nitrogens with two attached hydrogens (primary N) is 1. The molecule has 106 valence electrons. The van der Waals surface area contributed by atoms with Crippen molar-refractivity contribution in [3.63, 3.8) is 0 Å². The number of hydrogen-bond donors (Lipinski definition) is 2. The first-order valence-electron chi connectivity index (χ1n) is 7.26. The van der Waals surface area contributed by atoms with E-state index in [-0.39, 0.29) is 18.0 Å². The van der Waals surface area contributed by atoms with Crippen molar-refractivity contribution in [2.75, 3.05) is 0 Å². The number of amides is 1. The van der Waals surface area contributed by atoms with Crippen LogP contribution in [0.15, 0.2) is 6.07 Å². The number of aromatic nitrogens is 1. The van der Waals surface area contributed by atoms with Crippen molar-refractivity contribution < 1.29 is 4.79 Å². The summed E-state index contributed by atoms with van der Waals surface area (Å²) in [6.45, 7) is 7.06. The van der Waals surface area contributed by atoms with Crippen molar-refractivity contribution in [2.24, 2.45) is 5.73 Å². The van der Waals surface area contributed by atoms with Crippen LogP contribution in [0.4, 0.5) is 0 Å².